The number of nitrogens with zero attached hydrogens (tertiary/aromatic N) is 2. The van der Waals surface area contributed by atoms with E-state index in [1.54, 1.807) is 38.4 Å². The summed E-state index contributed by atoms with van der Waals surface area (Å²) in [5.74, 6) is -7.94. The molecular formula is C52H46F4N6O8. The summed E-state index contributed by atoms with van der Waals surface area (Å²) < 4.78 is 53.8. The Balaban J connectivity index is 0.000000206. The van der Waals surface area contributed by atoms with Gasteiger partial charge in [-0.05, 0) is 83.6 Å². The highest BCUT2D eigenvalue weighted by Gasteiger charge is 2.36. The molecule has 6 aromatic rings. The van der Waals surface area contributed by atoms with Crippen LogP contribution in [0.4, 0.5) is 28.9 Å². The second kappa shape index (κ2) is 21.0. The van der Waals surface area contributed by atoms with Gasteiger partial charge in [0.15, 0.2) is 12.2 Å². The van der Waals surface area contributed by atoms with Crippen LogP contribution >= 0.6 is 0 Å². The third-order valence-electron chi connectivity index (χ3n) is 11.8. The molecule has 6 amide bonds. The van der Waals surface area contributed by atoms with E-state index >= 15 is 0 Å². The van der Waals surface area contributed by atoms with Gasteiger partial charge in [-0.25, -0.2) is 17.6 Å². The molecule has 0 spiro atoms. The van der Waals surface area contributed by atoms with Gasteiger partial charge in [-0.15, -0.1) is 0 Å². The largest absolute Gasteiger partial charge is 0.378 e. The van der Waals surface area contributed by atoms with E-state index in [0.717, 1.165) is 46.5 Å². The van der Waals surface area contributed by atoms with Crippen molar-refractivity contribution in [3.05, 3.63) is 179 Å². The average Bonchev–Trinajstić information content (AvgIpc) is 3.48. The number of likely N-dealkylation sites (N-methyl/N-ethyl adjacent to an activating group) is 2. The summed E-state index contributed by atoms with van der Waals surface area (Å²) in [6, 6.07) is 29.3. The van der Waals surface area contributed by atoms with Gasteiger partial charge in [-0.1, -0.05) is 84.9 Å². The fourth-order valence-corrected chi connectivity index (χ4v) is 8.16. The number of rotatable bonds is 10. The fraction of sp³-hybridized carbons (Fsp3) is 0.192. The van der Waals surface area contributed by atoms with E-state index < -0.39 is 83.3 Å². The number of carbonyl (C=O) groups excluding carboxylic acids is 6. The molecule has 360 valence electrons. The number of aliphatic hydroxyl groups is 2. The number of aliphatic hydroxyl groups excluding tert-OH is 2. The van der Waals surface area contributed by atoms with Gasteiger partial charge in [0, 0.05) is 37.4 Å². The molecule has 14 nitrogen and oxygen atoms in total. The van der Waals surface area contributed by atoms with Gasteiger partial charge in [-0.2, -0.15) is 0 Å². The molecule has 0 bridgehead atoms. The van der Waals surface area contributed by atoms with Crippen LogP contribution < -0.4 is 31.1 Å². The zero-order valence-electron chi connectivity index (χ0n) is 37.9. The number of anilines is 2. The van der Waals surface area contributed by atoms with E-state index in [2.05, 4.69) is 21.3 Å². The zero-order valence-corrected chi connectivity index (χ0v) is 37.9. The van der Waals surface area contributed by atoms with E-state index in [4.69, 9.17) is 0 Å². The van der Waals surface area contributed by atoms with Crippen LogP contribution in [0.5, 0.6) is 0 Å². The first-order chi connectivity index (χ1) is 33.3. The van der Waals surface area contributed by atoms with E-state index in [1.165, 1.54) is 23.6 Å². The third kappa shape index (κ3) is 10.6. The summed E-state index contributed by atoms with van der Waals surface area (Å²) >= 11 is 0. The number of para-hydroxylation sites is 2. The average molecular weight is 959 g/mol. The van der Waals surface area contributed by atoms with Crippen LogP contribution in [0.2, 0.25) is 0 Å². The number of hydrogen-bond donors (Lipinski definition) is 6. The lowest BCUT2D eigenvalue weighted by Gasteiger charge is -2.24. The Morgan fingerprint density at radius 2 is 0.771 bits per heavy atom. The maximum Gasteiger partial charge on any atom is 0.254 e. The van der Waals surface area contributed by atoms with Crippen LogP contribution in [0.15, 0.2) is 133 Å². The molecule has 0 aromatic heterocycles. The number of carbonyl (C=O) groups is 6. The van der Waals surface area contributed by atoms with Crippen LogP contribution in [0, 0.1) is 23.3 Å². The van der Waals surface area contributed by atoms with E-state index in [1.807, 2.05) is 72.8 Å². The minimum Gasteiger partial charge on any atom is -0.378 e. The molecule has 2 aliphatic heterocycles. The molecule has 2 aliphatic rings. The molecule has 2 heterocycles. The molecule has 8 rings (SSSR count). The third-order valence-corrected chi connectivity index (χ3v) is 11.8. The monoisotopic (exact) mass is 958 g/mol. The number of halogens is 4. The van der Waals surface area contributed by atoms with Crippen molar-refractivity contribution in [2.75, 3.05) is 23.9 Å². The first kappa shape index (κ1) is 49.7. The molecule has 70 heavy (non-hydrogen) atoms. The molecule has 6 atom stereocenters. The maximum atomic E-state index is 13.4. The lowest BCUT2D eigenvalue weighted by molar-refractivity contribution is -0.135. The molecule has 0 fully saturated rings. The van der Waals surface area contributed by atoms with Crippen molar-refractivity contribution in [2.24, 2.45) is 0 Å². The van der Waals surface area contributed by atoms with E-state index in [0.29, 0.717) is 34.6 Å². The van der Waals surface area contributed by atoms with Gasteiger partial charge in [0.2, 0.25) is 11.8 Å². The number of fused-ring (bicyclic) bond motifs is 6. The Kier molecular flexibility index (Phi) is 14.9. The lowest BCUT2D eigenvalue weighted by atomic mass is 9.95. The first-order valence-electron chi connectivity index (χ1n) is 21.8. The quantitative estimate of drug-likeness (QED) is 0.0899. The number of amides is 6. The molecule has 0 saturated carbocycles. The maximum absolute atomic E-state index is 13.4. The molecular weight excluding hydrogens is 913 g/mol. The molecule has 6 aromatic carbocycles. The van der Waals surface area contributed by atoms with Gasteiger partial charge in [-0.3, -0.25) is 28.8 Å². The van der Waals surface area contributed by atoms with Gasteiger partial charge in [0.05, 0.1) is 11.4 Å². The zero-order chi connectivity index (χ0) is 50.6. The SMILES string of the molecule is C[C@H](NC(=O)[C@@H](O)c1cc(F)cc(F)c1)C(=O)N[C@@H]1C(=O)N(C)c2ccccc2-c2ccccc21.C[C@H](NC(=O)[C@@H](O)c1cc(F)cc(F)c1)C(=O)N[C@@H]1C(=O)N(C)c2ccccc2-c2ccccc21. The normalized spacial score (nSPS) is 16.4. The first-order valence-corrected chi connectivity index (χ1v) is 21.8. The van der Waals surface area contributed by atoms with Gasteiger partial charge in [0.1, 0.15) is 47.4 Å². The smallest absolute Gasteiger partial charge is 0.254 e. The summed E-state index contributed by atoms with van der Waals surface area (Å²) in [6.07, 6.45) is -3.78. The molecule has 0 saturated heterocycles. The predicted octanol–water partition coefficient (Wildman–Crippen LogP) is 6.01. The highest BCUT2D eigenvalue weighted by atomic mass is 19.1. The van der Waals surface area contributed by atoms with Crippen LogP contribution in [-0.2, 0) is 28.8 Å². The molecule has 0 aliphatic carbocycles. The highest BCUT2D eigenvalue weighted by molar-refractivity contribution is 6.07. The minimum atomic E-state index is -1.89. The lowest BCUT2D eigenvalue weighted by Crippen LogP contribution is -2.49. The van der Waals surface area contributed by atoms with Crippen LogP contribution in [0.3, 0.4) is 0 Å². The van der Waals surface area contributed by atoms with Crippen LogP contribution in [0.1, 0.15) is 60.4 Å². The van der Waals surface area contributed by atoms with Crippen molar-refractivity contribution in [1.29, 1.82) is 0 Å². The molecule has 0 unspecified atom stereocenters. The molecule has 6 N–H and O–H groups in total. The van der Waals surface area contributed by atoms with E-state index in [-0.39, 0.29) is 22.9 Å². The van der Waals surface area contributed by atoms with Crippen molar-refractivity contribution in [3.63, 3.8) is 0 Å². The number of hydrogen-bond acceptors (Lipinski definition) is 8. The van der Waals surface area contributed by atoms with Gasteiger partial charge >= 0.3 is 0 Å². The van der Waals surface area contributed by atoms with Crippen molar-refractivity contribution >= 4 is 46.8 Å². The van der Waals surface area contributed by atoms with Gasteiger partial charge < -0.3 is 41.3 Å². The Morgan fingerprint density at radius 3 is 1.11 bits per heavy atom. The topological polar surface area (TPSA) is 197 Å². The van der Waals surface area contributed by atoms with Crippen molar-refractivity contribution in [1.82, 2.24) is 21.3 Å². The van der Waals surface area contributed by atoms with Crippen LogP contribution in [0.25, 0.3) is 22.3 Å². The standard InChI is InChI=1S/2C26H23F2N3O4/c2*1-14(29-25(34)23(32)15-11-16(27)13-17(28)12-15)24(33)30-22-20-9-4-3-7-18(20)19-8-5-6-10-21(19)31(2)26(22)35/h2*3-14,22-23,32H,1-2H3,(H,29,34)(H,30,33)/t2*14-,22-,23-/m00/s1. The van der Waals surface area contributed by atoms with Crippen LogP contribution in [-0.4, -0.2) is 71.8 Å². The second-order valence-corrected chi connectivity index (χ2v) is 16.6. The van der Waals surface area contributed by atoms with E-state index in [9.17, 15) is 56.5 Å². The molecule has 18 heteroatoms. The minimum absolute atomic E-state index is 0.292. The Morgan fingerprint density at radius 1 is 0.471 bits per heavy atom. The highest BCUT2D eigenvalue weighted by Crippen LogP contribution is 2.41. The summed E-state index contributed by atoms with van der Waals surface area (Å²) in [5.41, 5.74) is 5.22. The second-order valence-electron chi connectivity index (χ2n) is 16.6. The summed E-state index contributed by atoms with van der Waals surface area (Å²) in [6.45, 7) is 2.75. The molecule has 0 radical (unpaired) electrons. The van der Waals surface area contributed by atoms with Crippen molar-refractivity contribution < 1.29 is 56.5 Å². The summed E-state index contributed by atoms with van der Waals surface area (Å²) in [5, 5.41) is 30.4. The summed E-state index contributed by atoms with van der Waals surface area (Å²) in [4.78, 5) is 80.4. The van der Waals surface area contributed by atoms with Crippen molar-refractivity contribution in [2.45, 2.75) is 50.2 Å². The summed E-state index contributed by atoms with van der Waals surface area (Å²) in [7, 11) is 3.23. The number of benzene rings is 6. The van der Waals surface area contributed by atoms with Crippen molar-refractivity contribution in [3.8, 4) is 22.3 Å². The predicted molar refractivity (Wildman–Crippen MR) is 250 cm³/mol. The Hall–Kier alpha value is -8.22. The van der Waals surface area contributed by atoms with Gasteiger partial charge in [0.25, 0.3) is 23.6 Å². The Labute approximate surface area is 398 Å². The Bertz CT molecular complexity index is 2790. The fourth-order valence-electron chi connectivity index (χ4n) is 8.16. The number of nitrogens with one attached hydrogen (secondary N) is 4.